The number of hydrogen-bond donors (Lipinski definition) is 1. The molecule has 1 heterocycles. The quantitative estimate of drug-likeness (QED) is 0.652. The Morgan fingerprint density at radius 2 is 1.58 bits per heavy atom. The van der Waals surface area contributed by atoms with Gasteiger partial charge in [0, 0.05) is 15.4 Å². The van der Waals surface area contributed by atoms with Crippen molar-refractivity contribution in [3.05, 3.63) is 67.7 Å². The molecule has 0 bridgehead atoms. The van der Waals surface area contributed by atoms with Crippen LogP contribution in [0.15, 0.2) is 62.3 Å². The van der Waals surface area contributed by atoms with Crippen molar-refractivity contribution in [3.8, 4) is 11.3 Å². The first-order chi connectivity index (χ1) is 9.16. The van der Waals surface area contributed by atoms with Crippen LogP contribution in [0.4, 0.5) is 0 Å². The highest BCUT2D eigenvalue weighted by atomic mass is 79.9. The van der Waals surface area contributed by atoms with Gasteiger partial charge in [-0.1, -0.05) is 40.2 Å². The van der Waals surface area contributed by atoms with Crippen molar-refractivity contribution in [3.63, 3.8) is 0 Å². The Morgan fingerprint density at radius 1 is 0.895 bits per heavy atom. The molecular weight excluding hydrogens is 370 g/mol. The third-order valence-electron chi connectivity index (χ3n) is 2.98. The van der Waals surface area contributed by atoms with Crippen molar-refractivity contribution in [2.75, 3.05) is 0 Å². The number of para-hydroxylation sites is 1. The SMILES string of the molecule is O=c1c(Br)c(-c2ccc(Br)cc2)[nH]c2ccccc12. The summed E-state index contributed by atoms with van der Waals surface area (Å²) in [6.07, 6.45) is 0. The number of nitrogens with one attached hydrogen (secondary N) is 1. The van der Waals surface area contributed by atoms with Crippen LogP contribution in [0.1, 0.15) is 0 Å². The van der Waals surface area contributed by atoms with Crippen LogP contribution in [0.5, 0.6) is 0 Å². The maximum absolute atomic E-state index is 12.3. The van der Waals surface area contributed by atoms with E-state index in [0.29, 0.717) is 9.86 Å². The molecule has 0 radical (unpaired) electrons. The maximum Gasteiger partial charge on any atom is 0.204 e. The molecule has 0 aliphatic rings. The first-order valence-corrected chi connectivity index (χ1v) is 7.32. The average Bonchev–Trinajstić information content (AvgIpc) is 2.44. The lowest BCUT2D eigenvalue weighted by Gasteiger charge is -2.07. The van der Waals surface area contributed by atoms with Crippen LogP contribution in [0.2, 0.25) is 0 Å². The van der Waals surface area contributed by atoms with Crippen molar-refractivity contribution in [2.24, 2.45) is 0 Å². The van der Waals surface area contributed by atoms with E-state index in [4.69, 9.17) is 0 Å². The molecule has 1 N–H and O–H groups in total. The molecule has 19 heavy (non-hydrogen) atoms. The molecule has 94 valence electrons. The summed E-state index contributed by atoms with van der Waals surface area (Å²) in [4.78, 5) is 15.6. The Morgan fingerprint density at radius 3 is 2.32 bits per heavy atom. The second-order valence-electron chi connectivity index (χ2n) is 4.20. The number of rotatable bonds is 1. The molecule has 3 rings (SSSR count). The lowest BCUT2D eigenvalue weighted by atomic mass is 10.1. The molecule has 0 fully saturated rings. The van der Waals surface area contributed by atoms with Gasteiger partial charge in [0.2, 0.25) is 5.43 Å². The van der Waals surface area contributed by atoms with E-state index in [2.05, 4.69) is 36.8 Å². The predicted molar refractivity (Wildman–Crippen MR) is 85.4 cm³/mol. The predicted octanol–water partition coefficient (Wildman–Crippen LogP) is 4.72. The van der Waals surface area contributed by atoms with Crippen molar-refractivity contribution >= 4 is 42.8 Å². The second kappa shape index (κ2) is 4.94. The third kappa shape index (κ3) is 2.26. The van der Waals surface area contributed by atoms with Gasteiger partial charge in [-0.05, 0) is 45.8 Å². The van der Waals surface area contributed by atoms with E-state index in [1.54, 1.807) is 0 Å². The van der Waals surface area contributed by atoms with Crippen molar-refractivity contribution < 1.29 is 0 Å². The summed E-state index contributed by atoms with van der Waals surface area (Å²) in [5, 5.41) is 0.690. The van der Waals surface area contributed by atoms with Gasteiger partial charge in [0.15, 0.2) is 0 Å². The first-order valence-electron chi connectivity index (χ1n) is 5.73. The molecule has 0 amide bonds. The Labute approximate surface area is 126 Å². The Hall–Kier alpha value is -1.39. The normalized spacial score (nSPS) is 10.8. The summed E-state index contributed by atoms with van der Waals surface area (Å²) in [7, 11) is 0. The molecule has 4 heteroatoms. The first kappa shape index (κ1) is 12.6. The molecule has 0 saturated carbocycles. The maximum atomic E-state index is 12.3. The minimum atomic E-state index is 0.00673. The second-order valence-corrected chi connectivity index (χ2v) is 5.90. The van der Waals surface area contributed by atoms with Gasteiger partial charge >= 0.3 is 0 Å². The van der Waals surface area contributed by atoms with Gasteiger partial charge in [0.1, 0.15) is 0 Å². The standard InChI is InChI=1S/C15H9Br2NO/c16-10-7-5-9(6-8-10)14-13(17)15(19)11-3-1-2-4-12(11)18-14/h1-8H,(H,18,19). The fourth-order valence-corrected chi connectivity index (χ4v) is 2.83. The molecule has 0 saturated heterocycles. The van der Waals surface area contributed by atoms with Crippen molar-refractivity contribution in [2.45, 2.75) is 0 Å². The zero-order valence-corrected chi connectivity index (χ0v) is 13.0. The lowest BCUT2D eigenvalue weighted by Crippen LogP contribution is -2.06. The third-order valence-corrected chi connectivity index (χ3v) is 4.27. The summed E-state index contributed by atoms with van der Waals surface area (Å²) in [6.45, 7) is 0. The van der Waals surface area contributed by atoms with E-state index in [9.17, 15) is 4.79 Å². The van der Waals surface area contributed by atoms with E-state index < -0.39 is 0 Å². The number of aromatic amines is 1. The van der Waals surface area contributed by atoms with Gasteiger partial charge in [-0.15, -0.1) is 0 Å². The van der Waals surface area contributed by atoms with Gasteiger partial charge in [-0.25, -0.2) is 0 Å². The van der Waals surface area contributed by atoms with Gasteiger partial charge in [-0.3, -0.25) is 4.79 Å². The Kier molecular flexibility index (Phi) is 3.29. The van der Waals surface area contributed by atoms with Gasteiger partial charge in [0.05, 0.1) is 10.2 Å². The van der Waals surface area contributed by atoms with Gasteiger partial charge in [0.25, 0.3) is 0 Å². The monoisotopic (exact) mass is 377 g/mol. The highest BCUT2D eigenvalue weighted by molar-refractivity contribution is 9.10. The van der Waals surface area contributed by atoms with Crippen molar-refractivity contribution in [1.29, 1.82) is 0 Å². The summed E-state index contributed by atoms with van der Waals surface area (Å²) in [6, 6.07) is 15.4. The van der Waals surface area contributed by atoms with Gasteiger partial charge in [-0.2, -0.15) is 0 Å². The number of halogens is 2. The van der Waals surface area contributed by atoms with E-state index in [1.807, 2.05) is 48.5 Å². The number of H-pyrrole nitrogens is 1. The summed E-state index contributed by atoms with van der Waals surface area (Å²) < 4.78 is 1.57. The minimum Gasteiger partial charge on any atom is -0.353 e. The molecule has 3 aromatic rings. The number of hydrogen-bond acceptors (Lipinski definition) is 1. The molecule has 0 unspecified atom stereocenters. The average molecular weight is 379 g/mol. The summed E-state index contributed by atoms with van der Waals surface area (Å²) in [5.74, 6) is 0. The molecular formula is C15H9Br2NO. The van der Waals surface area contributed by atoms with Crippen LogP contribution in [0, 0.1) is 0 Å². The molecule has 2 nitrogen and oxygen atoms in total. The molecule has 1 aromatic heterocycles. The van der Waals surface area contributed by atoms with Crippen LogP contribution >= 0.6 is 31.9 Å². The molecule has 0 aliphatic carbocycles. The van der Waals surface area contributed by atoms with Crippen LogP contribution in [0.3, 0.4) is 0 Å². The smallest absolute Gasteiger partial charge is 0.204 e. The van der Waals surface area contributed by atoms with E-state index in [0.717, 1.165) is 21.2 Å². The van der Waals surface area contributed by atoms with E-state index in [1.165, 1.54) is 0 Å². The molecule has 0 aliphatic heterocycles. The topological polar surface area (TPSA) is 32.9 Å². The summed E-state index contributed by atoms with van der Waals surface area (Å²) >= 11 is 6.81. The Bertz CT molecular complexity index is 806. The summed E-state index contributed by atoms with van der Waals surface area (Å²) in [5.41, 5.74) is 2.62. The zero-order chi connectivity index (χ0) is 13.4. The van der Waals surface area contributed by atoms with Crippen LogP contribution in [-0.2, 0) is 0 Å². The number of pyridine rings is 1. The number of aromatic nitrogens is 1. The van der Waals surface area contributed by atoms with Crippen LogP contribution < -0.4 is 5.43 Å². The fourth-order valence-electron chi connectivity index (χ4n) is 2.03. The van der Waals surface area contributed by atoms with Crippen LogP contribution in [0.25, 0.3) is 22.2 Å². The molecule has 0 atom stereocenters. The number of benzene rings is 2. The lowest BCUT2D eigenvalue weighted by molar-refractivity contribution is 1.35. The van der Waals surface area contributed by atoms with Gasteiger partial charge < -0.3 is 4.98 Å². The Balaban J connectivity index is 2.33. The van der Waals surface area contributed by atoms with E-state index >= 15 is 0 Å². The van der Waals surface area contributed by atoms with Crippen molar-refractivity contribution in [1.82, 2.24) is 4.98 Å². The zero-order valence-electron chi connectivity index (χ0n) is 9.78. The highest BCUT2D eigenvalue weighted by Gasteiger charge is 2.10. The molecule has 2 aromatic carbocycles. The molecule has 0 spiro atoms. The minimum absolute atomic E-state index is 0.00673. The number of fused-ring (bicyclic) bond motifs is 1. The van der Waals surface area contributed by atoms with E-state index in [-0.39, 0.29) is 5.43 Å². The fraction of sp³-hybridized carbons (Fsp3) is 0. The highest BCUT2D eigenvalue weighted by Crippen LogP contribution is 2.27. The van der Waals surface area contributed by atoms with Crippen LogP contribution in [-0.4, -0.2) is 4.98 Å². The largest absolute Gasteiger partial charge is 0.353 e.